The Hall–Kier alpha value is -1.74. The maximum atomic E-state index is 13.7. The molecule has 1 unspecified atom stereocenters. The van der Waals surface area contributed by atoms with Gasteiger partial charge >= 0.3 is 15.6 Å². The first-order chi connectivity index (χ1) is 15.4. The van der Waals surface area contributed by atoms with Crippen molar-refractivity contribution >= 4 is 15.6 Å². The second-order valence-electron chi connectivity index (χ2n) is 7.87. The Morgan fingerprint density at radius 3 is 1.45 bits per heavy atom. The van der Waals surface area contributed by atoms with Crippen molar-refractivity contribution in [1.29, 1.82) is 0 Å². The van der Waals surface area contributed by atoms with Gasteiger partial charge in [0.05, 0.1) is 31.8 Å². The van der Waals surface area contributed by atoms with Crippen LogP contribution in [-0.4, -0.2) is 46.6 Å². The average molecular weight is 504 g/mol. The lowest BCUT2D eigenvalue weighted by Crippen LogP contribution is -2.38. The van der Waals surface area contributed by atoms with Gasteiger partial charge < -0.3 is 29.3 Å². The minimum atomic E-state index is -5.13. The van der Waals surface area contributed by atoms with E-state index in [0.29, 0.717) is 22.3 Å². The molecule has 10 nitrogen and oxygen atoms in total. The van der Waals surface area contributed by atoms with Gasteiger partial charge in [0.1, 0.15) is 11.5 Å². The highest BCUT2D eigenvalue weighted by atomic mass is 31.3. The number of aliphatic hydroxyl groups excluding tert-OH is 3. The highest BCUT2D eigenvalue weighted by Gasteiger charge is 2.44. The molecule has 0 aromatic heterocycles. The van der Waals surface area contributed by atoms with Crippen molar-refractivity contribution in [3.8, 4) is 11.5 Å². The summed E-state index contributed by atoms with van der Waals surface area (Å²) in [5.41, 5.74) is 0.706. The Morgan fingerprint density at radius 1 is 0.758 bits per heavy atom. The van der Waals surface area contributed by atoms with Crippen LogP contribution in [0.5, 0.6) is 11.5 Å². The minimum absolute atomic E-state index is 0.141. The molecule has 4 N–H and O–H groups in total. The van der Waals surface area contributed by atoms with E-state index in [1.165, 1.54) is 0 Å². The van der Waals surface area contributed by atoms with Crippen molar-refractivity contribution < 1.29 is 47.2 Å². The molecule has 2 rings (SSSR count). The van der Waals surface area contributed by atoms with Gasteiger partial charge in [-0.2, -0.15) is 4.31 Å². The summed E-state index contributed by atoms with van der Waals surface area (Å²) in [6.45, 7) is 3.78. The molecule has 0 aliphatic heterocycles. The molecule has 0 spiro atoms. The Kier molecular flexibility index (Phi) is 9.27. The number of hydrogen-bond donors (Lipinski definition) is 4. The van der Waals surface area contributed by atoms with Gasteiger partial charge in [-0.15, -0.1) is 0 Å². The molecule has 0 fully saturated rings. The van der Waals surface area contributed by atoms with E-state index in [1.54, 1.807) is 64.1 Å². The van der Waals surface area contributed by atoms with E-state index in [2.05, 4.69) is 0 Å². The number of rotatable bonds is 12. The molecule has 0 bridgehead atoms. The van der Waals surface area contributed by atoms with Gasteiger partial charge in [0, 0.05) is 0 Å². The van der Waals surface area contributed by atoms with Crippen LogP contribution in [0.15, 0.2) is 36.4 Å². The van der Waals surface area contributed by atoms with Crippen LogP contribution in [-0.2, 0) is 18.0 Å². The first-order valence-corrected chi connectivity index (χ1v) is 13.0. The van der Waals surface area contributed by atoms with Gasteiger partial charge in [-0.25, -0.2) is 9.13 Å². The van der Waals surface area contributed by atoms with Crippen LogP contribution < -0.4 is 9.05 Å². The predicted molar refractivity (Wildman–Crippen MR) is 121 cm³/mol. The lowest BCUT2D eigenvalue weighted by atomic mass is 9.93. The van der Waals surface area contributed by atoms with Gasteiger partial charge in [-0.1, -0.05) is 36.4 Å². The highest BCUT2D eigenvalue weighted by Crippen LogP contribution is 2.64. The zero-order valence-corrected chi connectivity index (χ0v) is 20.7. The van der Waals surface area contributed by atoms with Crippen molar-refractivity contribution in [1.82, 2.24) is 0 Å². The summed E-state index contributed by atoms with van der Waals surface area (Å²) in [5.74, 6) is 0.282. The first kappa shape index (κ1) is 27.5. The summed E-state index contributed by atoms with van der Waals surface area (Å²) >= 11 is 0. The second kappa shape index (κ2) is 11.1. The molecule has 33 heavy (non-hydrogen) atoms. The summed E-state index contributed by atoms with van der Waals surface area (Å²) in [7, 11) is -9.96. The van der Waals surface area contributed by atoms with E-state index in [9.17, 15) is 29.3 Å². The lowest BCUT2D eigenvalue weighted by Gasteiger charge is -2.28. The number of hydrogen-bond acceptors (Lipinski definition) is 9. The second-order valence-corrected chi connectivity index (χ2v) is 11.0. The number of phosphoric ester groups is 2. The van der Waals surface area contributed by atoms with E-state index in [-0.39, 0.29) is 11.5 Å². The average Bonchev–Trinajstić information content (AvgIpc) is 2.75. The van der Waals surface area contributed by atoms with E-state index in [4.69, 9.17) is 17.9 Å². The third-order valence-corrected chi connectivity index (χ3v) is 7.86. The van der Waals surface area contributed by atoms with E-state index in [0.717, 1.165) is 0 Å². The number of benzene rings is 2. The molecule has 0 saturated heterocycles. The summed E-state index contributed by atoms with van der Waals surface area (Å²) in [6.07, 6.45) is 0. The fourth-order valence-electron chi connectivity index (χ4n) is 2.82. The van der Waals surface area contributed by atoms with Crippen LogP contribution >= 0.6 is 15.6 Å². The molecule has 0 saturated carbocycles. The maximum Gasteiger partial charge on any atom is 0.596 e. The molecule has 12 heteroatoms. The Morgan fingerprint density at radius 2 is 1.12 bits per heavy atom. The summed E-state index contributed by atoms with van der Waals surface area (Å²) in [5, 5.41) is 28.2. The van der Waals surface area contributed by atoms with Crippen LogP contribution in [0.3, 0.4) is 0 Å². The monoisotopic (exact) mass is 504 g/mol. The predicted octanol–water partition coefficient (Wildman–Crippen LogP) is 3.58. The molecule has 1 atom stereocenters. The van der Waals surface area contributed by atoms with Gasteiger partial charge in [-0.3, -0.25) is 4.52 Å². The summed E-state index contributed by atoms with van der Waals surface area (Å²) in [6, 6.07) is 10.3. The Bertz CT molecular complexity index is 945. The molecule has 2 aromatic rings. The van der Waals surface area contributed by atoms with Crippen LogP contribution in [0.25, 0.3) is 0 Å². The maximum absolute atomic E-state index is 13.7. The molecule has 2 aromatic carbocycles. The molecule has 0 aliphatic carbocycles. The van der Waals surface area contributed by atoms with E-state index < -0.39 is 47.5 Å². The summed E-state index contributed by atoms with van der Waals surface area (Å²) in [4.78, 5) is 10.3. The van der Waals surface area contributed by atoms with Crippen LogP contribution in [0, 0.1) is 33.1 Å². The normalized spacial score (nSPS) is 14.1. The fraction of sp³-hybridized carbons (Fsp3) is 0.429. The van der Waals surface area contributed by atoms with Gasteiger partial charge in [-0.05, 0) is 49.9 Å². The number of phosphoric acid groups is 2. The van der Waals surface area contributed by atoms with Crippen molar-refractivity contribution in [2.24, 2.45) is 5.41 Å². The smallest absolute Gasteiger partial charge is 0.396 e. The van der Waals surface area contributed by atoms with E-state index >= 15 is 0 Å². The number of aryl methyl sites for hydroxylation is 4. The zero-order chi connectivity index (χ0) is 24.9. The molecule has 184 valence electrons. The first-order valence-electron chi connectivity index (χ1n) is 10.0. The SMILES string of the molecule is Cc1cccc(C)c1OP(=O)(Oc1c(C)cccc1C)OP(=O)(O)OCC(CO)(CO)CO. The Labute approximate surface area is 193 Å². The van der Waals surface area contributed by atoms with E-state index in [1.807, 2.05) is 0 Å². The van der Waals surface area contributed by atoms with Crippen molar-refractivity contribution in [2.45, 2.75) is 27.7 Å². The number of aliphatic hydroxyl groups is 3. The van der Waals surface area contributed by atoms with Crippen molar-refractivity contribution in [3.63, 3.8) is 0 Å². The topological polar surface area (TPSA) is 152 Å². The Balaban J connectivity index is 2.42. The third kappa shape index (κ3) is 7.12. The standard InChI is InChI=1S/C21H30O10P2/c1-15-7-5-8-16(2)19(15)29-33(27,30-20-17(3)9-6-10-18(20)4)31-32(25,26)28-14-21(11-22,12-23)13-24/h5-10,22-24H,11-14H2,1-4H3,(H,25,26). The van der Waals surface area contributed by atoms with Gasteiger partial charge in [0.25, 0.3) is 0 Å². The third-order valence-electron chi connectivity index (χ3n) is 4.97. The van der Waals surface area contributed by atoms with Gasteiger partial charge in [0.15, 0.2) is 0 Å². The van der Waals surface area contributed by atoms with Crippen LogP contribution in [0.2, 0.25) is 0 Å². The fourth-order valence-corrected chi connectivity index (χ4v) is 5.78. The molecular formula is C21H30O10P2. The van der Waals surface area contributed by atoms with Gasteiger partial charge in [0.2, 0.25) is 0 Å². The lowest BCUT2D eigenvalue weighted by molar-refractivity contribution is -0.0315. The van der Waals surface area contributed by atoms with Crippen molar-refractivity contribution in [3.05, 3.63) is 58.7 Å². The van der Waals surface area contributed by atoms with Crippen LogP contribution in [0.4, 0.5) is 0 Å². The van der Waals surface area contributed by atoms with Crippen LogP contribution in [0.1, 0.15) is 22.3 Å². The zero-order valence-electron chi connectivity index (χ0n) is 18.9. The molecule has 0 heterocycles. The number of para-hydroxylation sites is 2. The largest absolute Gasteiger partial charge is 0.596 e. The molecular weight excluding hydrogens is 474 g/mol. The quantitative estimate of drug-likeness (QED) is 0.316. The molecule has 0 aliphatic rings. The molecule has 0 amide bonds. The summed E-state index contributed by atoms with van der Waals surface area (Å²) < 4.78 is 47.3. The highest BCUT2D eigenvalue weighted by molar-refractivity contribution is 7.62. The molecule has 0 radical (unpaired) electrons. The van der Waals surface area contributed by atoms with Crippen molar-refractivity contribution in [2.75, 3.05) is 26.4 Å². The minimum Gasteiger partial charge on any atom is -0.396 e.